The van der Waals surface area contributed by atoms with Gasteiger partial charge in [-0.25, -0.2) is 4.79 Å². The van der Waals surface area contributed by atoms with Gasteiger partial charge in [-0.15, -0.1) is 0 Å². The first kappa shape index (κ1) is 10.5. The predicted molar refractivity (Wildman–Crippen MR) is 49.4 cm³/mol. The molecule has 3 heteroatoms. The van der Waals surface area contributed by atoms with Crippen molar-refractivity contribution in [1.82, 2.24) is 0 Å². The highest BCUT2D eigenvalue weighted by atomic mass is 16.4. The zero-order valence-electron chi connectivity index (χ0n) is 8.50. The fraction of sp³-hybridized carbons (Fsp3) is 0.900. The van der Waals surface area contributed by atoms with Gasteiger partial charge < -0.3 is 10.2 Å². The lowest BCUT2D eigenvalue weighted by Gasteiger charge is -2.27. The Bertz CT molecular complexity index is 217. The van der Waals surface area contributed by atoms with Gasteiger partial charge in [0.05, 0.1) is 0 Å². The van der Waals surface area contributed by atoms with E-state index < -0.39 is 11.6 Å². The topological polar surface area (TPSA) is 57.5 Å². The highest BCUT2D eigenvalue weighted by Gasteiger charge is 2.46. The first-order chi connectivity index (χ1) is 5.76. The van der Waals surface area contributed by atoms with E-state index in [9.17, 15) is 9.90 Å². The molecule has 0 aromatic carbocycles. The van der Waals surface area contributed by atoms with Crippen molar-refractivity contribution in [3.63, 3.8) is 0 Å². The van der Waals surface area contributed by atoms with Crippen molar-refractivity contribution < 1.29 is 15.0 Å². The Balaban J connectivity index is 2.69. The minimum absolute atomic E-state index is 0.0972. The predicted octanol–water partition coefficient (Wildman–Crippen LogP) is 1.65. The van der Waals surface area contributed by atoms with Crippen LogP contribution in [0.15, 0.2) is 0 Å². The minimum Gasteiger partial charge on any atom is -0.479 e. The Labute approximate surface area is 78.8 Å². The number of hydrogen-bond acceptors (Lipinski definition) is 2. The molecular weight excluding hydrogens is 168 g/mol. The molecule has 0 aromatic heterocycles. The van der Waals surface area contributed by atoms with Gasteiger partial charge in [0.25, 0.3) is 0 Å². The van der Waals surface area contributed by atoms with Crippen LogP contribution < -0.4 is 0 Å². The van der Waals surface area contributed by atoms with Crippen LogP contribution in [0, 0.1) is 11.3 Å². The molecule has 1 aliphatic carbocycles. The summed E-state index contributed by atoms with van der Waals surface area (Å²) >= 11 is 0. The van der Waals surface area contributed by atoms with Crippen LogP contribution in [0.1, 0.15) is 40.0 Å². The van der Waals surface area contributed by atoms with Crippen molar-refractivity contribution >= 4 is 5.97 Å². The van der Waals surface area contributed by atoms with E-state index in [0.29, 0.717) is 18.8 Å². The number of carboxylic acid groups (broad SMARTS) is 1. The lowest BCUT2D eigenvalue weighted by Crippen LogP contribution is -2.36. The molecule has 2 unspecified atom stereocenters. The third kappa shape index (κ3) is 2.02. The van der Waals surface area contributed by atoms with E-state index in [2.05, 4.69) is 20.8 Å². The molecular formula is C10H18O3. The molecule has 0 bridgehead atoms. The molecule has 13 heavy (non-hydrogen) atoms. The Morgan fingerprint density at radius 1 is 1.46 bits per heavy atom. The Kier molecular flexibility index (Phi) is 2.41. The van der Waals surface area contributed by atoms with Gasteiger partial charge >= 0.3 is 5.97 Å². The van der Waals surface area contributed by atoms with Crippen LogP contribution in [0.2, 0.25) is 0 Å². The van der Waals surface area contributed by atoms with Gasteiger partial charge in [-0.3, -0.25) is 0 Å². The number of rotatable bonds is 1. The summed E-state index contributed by atoms with van der Waals surface area (Å²) in [5, 5.41) is 18.5. The Morgan fingerprint density at radius 3 is 2.23 bits per heavy atom. The summed E-state index contributed by atoms with van der Waals surface area (Å²) in [7, 11) is 0. The zero-order valence-corrected chi connectivity index (χ0v) is 8.50. The highest BCUT2D eigenvalue weighted by molar-refractivity contribution is 5.77. The maximum absolute atomic E-state index is 10.7. The fourth-order valence-electron chi connectivity index (χ4n) is 1.96. The molecule has 3 nitrogen and oxygen atoms in total. The molecule has 1 rings (SSSR count). The molecule has 0 aromatic rings. The summed E-state index contributed by atoms with van der Waals surface area (Å²) in [4.78, 5) is 10.7. The summed E-state index contributed by atoms with van der Waals surface area (Å²) in [5.74, 6) is -0.757. The molecule has 0 spiro atoms. The lowest BCUT2D eigenvalue weighted by atomic mass is 9.79. The van der Waals surface area contributed by atoms with Crippen LogP contribution in [0.4, 0.5) is 0 Å². The van der Waals surface area contributed by atoms with Gasteiger partial charge in [0, 0.05) is 0 Å². The molecule has 0 aliphatic heterocycles. The first-order valence-corrected chi connectivity index (χ1v) is 4.71. The third-order valence-electron chi connectivity index (χ3n) is 3.11. The average molecular weight is 186 g/mol. The second-order valence-corrected chi connectivity index (χ2v) is 5.14. The van der Waals surface area contributed by atoms with Crippen molar-refractivity contribution in [3.05, 3.63) is 0 Å². The smallest absolute Gasteiger partial charge is 0.335 e. The summed E-state index contributed by atoms with van der Waals surface area (Å²) in [5.41, 5.74) is -1.36. The van der Waals surface area contributed by atoms with E-state index in [4.69, 9.17) is 5.11 Å². The maximum Gasteiger partial charge on any atom is 0.335 e. The van der Waals surface area contributed by atoms with Crippen LogP contribution in [0.5, 0.6) is 0 Å². The summed E-state index contributed by atoms with van der Waals surface area (Å²) in [6.07, 6.45) is 1.60. The van der Waals surface area contributed by atoms with E-state index in [1.165, 1.54) is 0 Å². The van der Waals surface area contributed by atoms with Crippen LogP contribution in [-0.4, -0.2) is 21.8 Å². The highest BCUT2D eigenvalue weighted by Crippen LogP contribution is 2.44. The number of carboxylic acids is 1. The van der Waals surface area contributed by atoms with Crippen molar-refractivity contribution in [2.45, 2.75) is 45.6 Å². The van der Waals surface area contributed by atoms with Crippen molar-refractivity contribution in [2.75, 3.05) is 0 Å². The van der Waals surface area contributed by atoms with Gasteiger partial charge in [0.2, 0.25) is 0 Å². The van der Waals surface area contributed by atoms with E-state index >= 15 is 0 Å². The Morgan fingerprint density at radius 2 is 2.00 bits per heavy atom. The molecule has 1 aliphatic rings. The van der Waals surface area contributed by atoms with Crippen LogP contribution in [0.3, 0.4) is 0 Å². The molecule has 0 amide bonds. The summed E-state index contributed by atoms with van der Waals surface area (Å²) in [6.45, 7) is 6.27. The average Bonchev–Trinajstić information content (AvgIpc) is 2.31. The summed E-state index contributed by atoms with van der Waals surface area (Å²) in [6, 6.07) is 0. The largest absolute Gasteiger partial charge is 0.479 e. The SMILES string of the molecule is CC(C)(C)C1CCC(O)(C(=O)O)C1. The first-order valence-electron chi connectivity index (χ1n) is 4.71. The fourth-order valence-corrected chi connectivity index (χ4v) is 1.96. The van der Waals surface area contributed by atoms with Gasteiger partial charge in [-0.2, -0.15) is 0 Å². The quantitative estimate of drug-likeness (QED) is 0.654. The second kappa shape index (κ2) is 2.98. The number of aliphatic carboxylic acids is 1. The molecule has 2 N–H and O–H groups in total. The minimum atomic E-state index is -1.46. The molecule has 0 heterocycles. The lowest BCUT2D eigenvalue weighted by molar-refractivity contribution is -0.158. The van der Waals surface area contributed by atoms with Crippen molar-refractivity contribution in [3.8, 4) is 0 Å². The van der Waals surface area contributed by atoms with E-state index in [1.54, 1.807) is 0 Å². The van der Waals surface area contributed by atoms with Gasteiger partial charge in [-0.05, 0) is 30.6 Å². The molecule has 0 saturated heterocycles. The maximum atomic E-state index is 10.7. The van der Waals surface area contributed by atoms with E-state index in [0.717, 1.165) is 6.42 Å². The number of carbonyl (C=O) groups is 1. The molecule has 2 atom stereocenters. The van der Waals surface area contributed by atoms with Crippen LogP contribution >= 0.6 is 0 Å². The van der Waals surface area contributed by atoms with Gasteiger partial charge in [-0.1, -0.05) is 20.8 Å². The van der Waals surface area contributed by atoms with E-state index in [1.807, 2.05) is 0 Å². The molecule has 0 radical (unpaired) electrons. The third-order valence-corrected chi connectivity index (χ3v) is 3.11. The molecule has 1 fully saturated rings. The standard InChI is InChI=1S/C10H18O3/c1-9(2,3)7-4-5-10(13,6-7)8(11)12/h7,13H,4-6H2,1-3H3,(H,11,12). The number of hydrogen-bond donors (Lipinski definition) is 2. The van der Waals surface area contributed by atoms with Gasteiger partial charge in [0.1, 0.15) is 0 Å². The Hall–Kier alpha value is -0.570. The molecule has 1 saturated carbocycles. The molecule has 76 valence electrons. The van der Waals surface area contributed by atoms with Crippen LogP contribution in [-0.2, 0) is 4.79 Å². The van der Waals surface area contributed by atoms with E-state index in [-0.39, 0.29) is 5.41 Å². The van der Waals surface area contributed by atoms with Crippen molar-refractivity contribution in [2.24, 2.45) is 11.3 Å². The summed E-state index contributed by atoms with van der Waals surface area (Å²) < 4.78 is 0. The number of aliphatic hydroxyl groups is 1. The monoisotopic (exact) mass is 186 g/mol. The van der Waals surface area contributed by atoms with Crippen LogP contribution in [0.25, 0.3) is 0 Å². The normalized spacial score (nSPS) is 34.9. The second-order valence-electron chi connectivity index (χ2n) is 5.14. The van der Waals surface area contributed by atoms with Crippen molar-refractivity contribution in [1.29, 1.82) is 0 Å². The zero-order chi connectivity index (χ0) is 10.3. The van der Waals surface area contributed by atoms with Gasteiger partial charge in [0.15, 0.2) is 5.60 Å².